The fourth-order valence-electron chi connectivity index (χ4n) is 1.58. The van der Waals surface area contributed by atoms with Crippen LogP contribution in [0.3, 0.4) is 0 Å². The lowest BCUT2D eigenvalue weighted by atomic mass is 10.3. The van der Waals surface area contributed by atoms with Crippen LogP contribution in [0, 0.1) is 0 Å². The average Bonchev–Trinajstić information content (AvgIpc) is 2.88. The van der Waals surface area contributed by atoms with Crippen LogP contribution in [0.15, 0.2) is 36.5 Å². The van der Waals surface area contributed by atoms with Crippen molar-refractivity contribution < 1.29 is 4.21 Å². The van der Waals surface area contributed by atoms with Crippen molar-refractivity contribution >= 4 is 10.8 Å². The molecule has 0 aliphatic carbocycles. The van der Waals surface area contributed by atoms with E-state index in [9.17, 15) is 4.21 Å². The van der Waals surface area contributed by atoms with Gasteiger partial charge in [0.25, 0.3) is 0 Å². The molecule has 0 radical (unpaired) electrons. The molecule has 19 heavy (non-hydrogen) atoms. The quantitative estimate of drug-likeness (QED) is 0.860. The first-order chi connectivity index (χ1) is 9.16. The second-order valence-corrected chi connectivity index (χ2v) is 6.20. The highest BCUT2D eigenvalue weighted by Gasteiger charge is 2.06. The molecule has 2 unspecified atom stereocenters. The highest BCUT2D eigenvalue weighted by Crippen LogP contribution is 2.04. The van der Waals surface area contributed by atoms with Gasteiger partial charge in [0.05, 0.1) is 17.6 Å². The molecule has 0 spiro atoms. The van der Waals surface area contributed by atoms with E-state index in [4.69, 9.17) is 0 Å². The molecule has 0 bridgehead atoms. The number of nitrogens with one attached hydrogen (secondary N) is 1. The zero-order valence-corrected chi connectivity index (χ0v) is 11.9. The summed E-state index contributed by atoms with van der Waals surface area (Å²) in [6, 6.07) is 9.78. The molecule has 1 heterocycles. The molecule has 0 aliphatic heterocycles. The van der Waals surface area contributed by atoms with Crippen LogP contribution < -0.4 is 5.32 Å². The Balaban J connectivity index is 1.90. The van der Waals surface area contributed by atoms with Crippen molar-refractivity contribution in [1.82, 2.24) is 20.3 Å². The Hall–Kier alpha value is -1.53. The molecule has 0 fully saturated rings. The number of benzene rings is 1. The zero-order valence-electron chi connectivity index (χ0n) is 11.1. The maximum absolute atomic E-state index is 11.2. The Morgan fingerprint density at radius 3 is 2.79 bits per heavy atom. The first-order valence-electron chi connectivity index (χ1n) is 6.16. The third-order valence-electron chi connectivity index (χ3n) is 2.83. The molecule has 1 aromatic carbocycles. The molecule has 2 aromatic rings. The van der Waals surface area contributed by atoms with E-state index in [0.717, 1.165) is 11.4 Å². The molecule has 102 valence electrons. The van der Waals surface area contributed by atoms with Gasteiger partial charge in [-0.2, -0.15) is 15.0 Å². The van der Waals surface area contributed by atoms with Crippen LogP contribution in [-0.4, -0.2) is 37.3 Å². The van der Waals surface area contributed by atoms with Gasteiger partial charge >= 0.3 is 0 Å². The van der Waals surface area contributed by atoms with Gasteiger partial charge in [-0.25, -0.2) is 0 Å². The van der Waals surface area contributed by atoms with Crippen LogP contribution >= 0.6 is 0 Å². The van der Waals surface area contributed by atoms with Crippen molar-refractivity contribution in [3.05, 3.63) is 42.2 Å². The number of hydrogen-bond donors (Lipinski definition) is 1. The lowest BCUT2D eigenvalue weighted by molar-refractivity contribution is 0.636. The summed E-state index contributed by atoms with van der Waals surface area (Å²) in [6.07, 6.45) is 3.46. The minimum atomic E-state index is -0.796. The zero-order chi connectivity index (χ0) is 13.7. The highest BCUT2D eigenvalue weighted by molar-refractivity contribution is 7.84. The summed E-state index contributed by atoms with van der Waals surface area (Å²) in [7, 11) is -0.796. The molecule has 0 aliphatic rings. The van der Waals surface area contributed by atoms with E-state index >= 15 is 0 Å². The molecule has 0 saturated carbocycles. The maximum atomic E-state index is 11.2. The Bertz CT molecular complexity index is 541. The number of aromatic nitrogens is 3. The van der Waals surface area contributed by atoms with Gasteiger partial charge in [-0.1, -0.05) is 18.2 Å². The molecule has 2 rings (SSSR count). The Kier molecular flexibility index (Phi) is 4.81. The monoisotopic (exact) mass is 278 g/mol. The summed E-state index contributed by atoms with van der Waals surface area (Å²) in [5.74, 6) is 0. The van der Waals surface area contributed by atoms with E-state index in [2.05, 4.69) is 15.5 Å². The smallest absolute Gasteiger partial charge is 0.0969 e. The number of hydrogen-bond acceptors (Lipinski definition) is 4. The molecule has 0 saturated heterocycles. The van der Waals surface area contributed by atoms with Crippen LogP contribution in [0.5, 0.6) is 0 Å². The van der Waals surface area contributed by atoms with Gasteiger partial charge in [0.1, 0.15) is 0 Å². The Labute approximate surface area is 115 Å². The predicted molar refractivity (Wildman–Crippen MR) is 76.6 cm³/mol. The first kappa shape index (κ1) is 13.9. The molecule has 2 atom stereocenters. The summed E-state index contributed by atoms with van der Waals surface area (Å²) in [6.45, 7) is 3.31. The van der Waals surface area contributed by atoms with E-state index < -0.39 is 10.8 Å². The van der Waals surface area contributed by atoms with Gasteiger partial charge in [-0.05, 0) is 19.1 Å². The standard InChI is InChI=1S/C13H18N4OS/c1-11(19(2)18)8-14-9-12-10-15-17(16-12)13-6-4-3-5-7-13/h3-7,10-11,14H,8-9H2,1-2H3. The van der Waals surface area contributed by atoms with Crippen molar-refractivity contribution in [1.29, 1.82) is 0 Å². The molecular weight excluding hydrogens is 260 g/mol. The third kappa shape index (κ3) is 3.97. The number of rotatable bonds is 6. The van der Waals surface area contributed by atoms with Crippen LogP contribution in [0.1, 0.15) is 12.6 Å². The molecular formula is C13H18N4OS. The van der Waals surface area contributed by atoms with E-state index in [1.165, 1.54) is 0 Å². The van der Waals surface area contributed by atoms with Crippen LogP contribution in [0.2, 0.25) is 0 Å². The number of nitrogens with zero attached hydrogens (tertiary/aromatic N) is 3. The Morgan fingerprint density at radius 2 is 2.11 bits per heavy atom. The predicted octanol–water partition coefficient (Wildman–Crippen LogP) is 1.12. The lowest BCUT2D eigenvalue weighted by Gasteiger charge is -2.08. The van der Waals surface area contributed by atoms with E-state index in [0.29, 0.717) is 13.1 Å². The first-order valence-corrected chi connectivity index (χ1v) is 7.78. The molecule has 6 heteroatoms. The van der Waals surface area contributed by atoms with Crippen molar-refractivity contribution in [3.8, 4) is 5.69 Å². The molecule has 5 nitrogen and oxygen atoms in total. The van der Waals surface area contributed by atoms with Crippen molar-refractivity contribution in [3.63, 3.8) is 0 Å². The van der Waals surface area contributed by atoms with E-state index in [1.807, 2.05) is 37.3 Å². The van der Waals surface area contributed by atoms with E-state index in [-0.39, 0.29) is 5.25 Å². The highest BCUT2D eigenvalue weighted by atomic mass is 32.2. The third-order valence-corrected chi connectivity index (χ3v) is 4.13. The average molecular weight is 278 g/mol. The fraction of sp³-hybridized carbons (Fsp3) is 0.385. The van der Waals surface area contributed by atoms with Gasteiger partial charge in [0.2, 0.25) is 0 Å². The maximum Gasteiger partial charge on any atom is 0.0969 e. The molecule has 0 amide bonds. The second kappa shape index (κ2) is 6.58. The van der Waals surface area contributed by atoms with Crippen LogP contribution in [0.4, 0.5) is 0 Å². The van der Waals surface area contributed by atoms with Crippen molar-refractivity contribution in [2.75, 3.05) is 12.8 Å². The second-order valence-electron chi connectivity index (χ2n) is 4.40. The minimum Gasteiger partial charge on any atom is -0.310 e. The van der Waals surface area contributed by atoms with Gasteiger partial charge in [0, 0.05) is 35.4 Å². The van der Waals surface area contributed by atoms with Crippen molar-refractivity contribution in [2.24, 2.45) is 0 Å². The lowest BCUT2D eigenvalue weighted by Crippen LogP contribution is -2.27. The van der Waals surface area contributed by atoms with Crippen molar-refractivity contribution in [2.45, 2.75) is 18.7 Å². The topological polar surface area (TPSA) is 59.8 Å². The molecule has 1 aromatic heterocycles. The van der Waals surface area contributed by atoms with Gasteiger partial charge in [0.15, 0.2) is 0 Å². The van der Waals surface area contributed by atoms with Crippen LogP contribution in [0.25, 0.3) is 5.69 Å². The molecule has 1 N–H and O–H groups in total. The largest absolute Gasteiger partial charge is 0.310 e. The fourth-order valence-corrected chi connectivity index (χ4v) is 1.93. The summed E-state index contributed by atoms with van der Waals surface area (Å²) < 4.78 is 11.2. The van der Waals surface area contributed by atoms with Gasteiger partial charge in [-0.15, -0.1) is 0 Å². The minimum absolute atomic E-state index is 0.143. The summed E-state index contributed by atoms with van der Waals surface area (Å²) in [4.78, 5) is 1.61. The number of para-hydroxylation sites is 1. The Morgan fingerprint density at radius 1 is 1.37 bits per heavy atom. The van der Waals surface area contributed by atoms with Gasteiger partial charge < -0.3 is 5.32 Å². The normalized spacial score (nSPS) is 14.2. The van der Waals surface area contributed by atoms with E-state index in [1.54, 1.807) is 17.2 Å². The SMILES string of the molecule is CC(CNCc1cnn(-c2ccccc2)n1)S(C)=O. The summed E-state index contributed by atoms with van der Waals surface area (Å²) in [5, 5.41) is 12.0. The van der Waals surface area contributed by atoms with Gasteiger partial charge in [-0.3, -0.25) is 4.21 Å². The summed E-state index contributed by atoms with van der Waals surface area (Å²) in [5.41, 5.74) is 1.81. The summed E-state index contributed by atoms with van der Waals surface area (Å²) >= 11 is 0. The van der Waals surface area contributed by atoms with Crippen LogP contribution in [-0.2, 0) is 17.3 Å².